The molecule has 27 heavy (non-hydrogen) atoms. The summed E-state index contributed by atoms with van der Waals surface area (Å²) in [4.78, 5) is 15.4. The number of hydrogen-bond donors (Lipinski definition) is 1. The molecule has 1 saturated carbocycles. The SMILES string of the molecule is CCN(CC)CCOC(=O)[C@](O)(c1c(C)cc(C)cc1C)C1CCCCC1. The van der Waals surface area contributed by atoms with Crippen molar-refractivity contribution in [2.45, 2.75) is 72.3 Å². The van der Waals surface area contributed by atoms with Crippen molar-refractivity contribution in [2.75, 3.05) is 26.2 Å². The molecule has 1 fully saturated rings. The van der Waals surface area contributed by atoms with Gasteiger partial charge in [-0.3, -0.25) is 0 Å². The molecule has 0 bridgehead atoms. The monoisotopic (exact) mass is 375 g/mol. The Morgan fingerprint density at radius 3 is 2.19 bits per heavy atom. The number of carbonyl (C=O) groups excluding carboxylic acids is 1. The highest BCUT2D eigenvalue weighted by Gasteiger charge is 2.48. The molecule has 1 atom stereocenters. The largest absolute Gasteiger partial charge is 0.462 e. The highest BCUT2D eigenvalue weighted by atomic mass is 16.5. The van der Waals surface area contributed by atoms with Crippen LogP contribution < -0.4 is 0 Å². The molecule has 4 heteroatoms. The van der Waals surface area contributed by atoms with Crippen molar-refractivity contribution in [3.8, 4) is 0 Å². The van der Waals surface area contributed by atoms with Gasteiger partial charge < -0.3 is 14.7 Å². The molecule has 1 aliphatic carbocycles. The first kappa shape index (κ1) is 21.9. The smallest absolute Gasteiger partial charge is 0.343 e. The number of nitrogens with zero attached hydrogens (tertiary/aromatic N) is 1. The number of carbonyl (C=O) groups is 1. The van der Waals surface area contributed by atoms with Crippen molar-refractivity contribution in [2.24, 2.45) is 5.92 Å². The van der Waals surface area contributed by atoms with Crippen LogP contribution in [-0.2, 0) is 15.1 Å². The fourth-order valence-electron chi connectivity index (χ4n) is 4.69. The molecule has 0 saturated heterocycles. The quantitative estimate of drug-likeness (QED) is 0.690. The van der Waals surface area contributed by atoms with Crippen LogP contribution in [0.2, 0.25) is 0 Å². The highest BCUT2D eigenvalue weighted by molar-refractivity contribution is 5.82. The van der Waals surface area contributed by atoms with Crippen LogP contribution in [0.3, 0.4) is 0 Å². The van der Waals surface area contributed by atoms with Gasteiger partial charge in [0.15, 0.2) is 5.60 Å². The minimum atomic E-state index is -1.55. The minimum absolute atomic E-state index is 0.0766. The second-order valence-electron chi connectivity index (χ2n) is 8.04. The Kier molecular flexibility index (Phi) is 7.87. The molecule has 1 N–H and O–H groups in total. The molecule has 0 aromatic heterocycles. The van der Waals surface area contributed by atoms with Crippen molar-refractivity contribution < 1.29 is 14.6 Å². The average molecular weight is 376 g/mol. The summed E-state index contributed by atoms with van der Waals surface area (Å²) in [7, 11) is 0. The maximum Gasteiger partial charge on any atom is 0.343 e. The number of hydrogen-bond acceptors (Lipinski definition) is 4. The third-order valence-corrected chi connectivity index (χ3v) is 6.10. The summed E-state index contributed by atoms with van der Waals surface area (Å²) in [6.45, 7) is 13.1. The van der Waals surface area contributed by atoms with Crippen molar-refractivity contribution in [1.82, 2.24) is 4.90 Å². The van der Waals surface area contributed by atoms with Crippen LogP contribution in [0, 0.1) is 26.7 Å². The lowest BCUT2D eigenvalue weighted by Gasteiger charge is -2.38. The van der Waals surface area contributed by atoms with Crippen LogP contribution in [0.5, 0.6) is 0 Å². The van der Waals surface area contributed by atoms with Crippen molar-refractivity contribution in [1.29, 1.82) is 0 Å². The van der Waals surface area contributed by atoms with E-state index in [1.807, 2.05) is 20.8 Å². The number of aliphatic hydroxyl groups is 1. The predicted molar refractivity (Wildman–Crippen MR) is 110 cm³/mol. The number of likely N-dealkylation sites (N-methyl/N-ethyl adjacent to an activating group) is 1. The molecule has 1 aromatic rings. The van der Waals surface area contributed by atoms with Gasteiger partial charge in [-0.15, -0.1) is 0 Å². The molecule has 0 aliphatic heterocycles. The lowest BCUT2D eigenvalue weighted by Crippen LogP contribution is -2.47. The van der Waals surface area contributed by atoms with Gasteiger partial charge in [0.1, 0.15) is 6.61 Å². The first-order valence-corrected chi connectivity index (χ1v) is 10.5. The lowest BCUT2D eigenvalue weighted by molar-refractivity contribution is -0.176. The fraction of sp³-hybridized carbons (Fsp3) is 0.696. The Labute approximate surface area is 164 Å². The number of aryl methyl sites for hydroxylation is 3. The maximum atomic E-state index is 13.2. The molecule has 2 rings (SSSR count). The molecule has 0 unspecified atom stereocenters. The van der Waals surface area contributed by atoms with Gasteiger partial charge in [0.2, 0.25) is 0 Å². The molecule has 0 heterocycles. The maximum absolute atomic E-state index is 13.2. The van der Waals surface area contributed by atoms with Crippen LogP contribution in [-0.4, -0.2) is 42.2 Å². The second kappa shape index (κ2) is 9.70. The summed E-state index contributed by atoms with van der Waals surface area (Å²) in [6, 6.07) is 4.11. The van der Waals surface area contributed by atoms with Gasteiger partial charge in [-0.05, 0) is 57.8 Å². The van der Waals surface area contributed by atoms with E-state index in [4.69, 9.17) is 4.74 Å². The van der Waals surface area contributed by atoms with Crippen LogP contribution >= 0.6 is 0 Å². The zero-order valence-electron chi connectivity index (χ0n) is 17.8. The standard InChI is InChI=1S/C23H37NO3/c1-6-24(7-2)13-14-27-22(25)23(26,20-11-9-8-10-12-20)21-18(4)15-17(3)16-19(21)5/h15-16,20,26H,6-14H2,1-5H3/t23-/m1/s1. The Balaban J connectivity index is 2.32. The van der Waals surface area contributed by atoms with E-state index >= 15 is 0 Å². The summed E-state index contributed by atoms with van der Waals surface area (Å²) in [5.74, 6) is -0.552. The third kappa shape index (κ3) is 4.91. The van der Waals surface area contributed by atoms with Crippen molar-refractivity contribution >= 4 is 5.97 Å². The zero-order chi connectivity index (χ0) is 20.0. The van der Waals surface area contributed by atoms with Gasteiger partial charge in [-0.25, -0.2) is 4.79 Å². The summed E-state index contributed by atoms with van der Waals surface area (Å²) >= 11 is 0. The Morgan fingerprint density at radius 1 is 1.11 bits per heavy atom. The Hall–Kier alpha value is -1.39. The molecular weight excluding hydrogens is 338 g/mol. The molecule has 0 spiro atoms. The Morgan fingerprint density at radius 2 is 1.67 bits per heavy atom. The predicted octanol–water partition coefficient (Wildman–Crippen LogP) is 4.26. The van der Waals surface area contributed by atoms with E-state index < -0.39 is 11.6 Å². The van der Waals surface area contributed by atoms with Crippen molar-refractivity contribution in [3.05, 3.63) is 34.4 Å². The molecule has 152 valence electrons. The van der Waals surface area contributed by atoms with Gasteiger partial charge in [-0.2, -0.15) is 0 Å². The lowest BCUT2D eigenvalue weighted by atomic mass is 9.71. The van der Waals surface area contributed by atoms with Gasteiger partial charge in [-0.1, -0.05) is 50.8 Å². The normalized spacial score (nSPS) is 17.7. The summed E-state index contributed by atoms with van der Waals surface area (Å²) in [6.07, 6.45) is 5.03. The minimum Gasteiger partial charge on any atom is -0.462 e. The molecular formula is C23H37NO3. The fourth-order valence-corrected chi connectivity index (χ4v) is 4.69. The molecule has 1 aromatic carbocycles. The first-order valence-electron chi connectivity index (χ1n) is 10.5. The van der Waals surface area contributed by atoms with Crippen molar-refractivity contribution in [3.63, 3.8) is 0 Å². The number of ether oxygens (including phenoxy) is 1. The van der Waals surface area contributed by atoms with Crippen LogP contribution in [0.4, 0.5) is 0 Å². The number of benzene rings is 1. The highest BCUT2D eigenvalue weighted by Crippen LogP contribution is 2.43. The molecule has 0 radical (unpaired) electrons. The molecule has 0 amide bonds. The third-order valence-electron chi connectivity index (χ3n) is 6.10. The van der Waals surface area contributed by atoms with E-state index in [0.717, 1.165) is 61.0 Å². The van der Waals surface area contributed by atoms with E-state index in [1.54, 1.807) is 0 Å². The first-order chi connectivity index (χ1) is 12.8. The molecule has 4 nitrogen and oxygen atoms in total. The van der Waals surface area contributed by atoms with Crippen LogP contribution in [0.15, 0.2) is 12.1 Å². The van der Waals surface area contributed by atoms with E-state index in [0.29, 0.717) is 13.2 Å². The second-order valence-corrected chi connectivity index (χ2v) is 8.04. The van der Waals surface area contributed by atoms with Crippen LogP contribution in [0.25, 0.3) is 0 Å². The van der Waals surface area contributed by atoms with E-state index in [1.165, 1.54) is 6.42 Å². The van der Waals surface area contributed by atoms with Gasteiger partial charge >= 0.3 is 5.97 Å². The van der Waals surface area contributed by atoms with E-state index in [-0.39, 0.29) is 5.92 Å². The van der Waals surface area contributed by atoms with Gasteiger partial charge in [0.25, 0.3) is 0 Å². The molecule has 1 aliphatic rings. The number of rotatable bonds is 8. The zero-order valence-corrected chi connectivity index (χ0v) is 17.8. The Bertz CT molecular complexity index is 610. The van der Waals surface area contributed by atoms with E-state index in [9.17, 15) is 9.90 Å². The van der Waals surface area contributed by atoms with Gasteiger partial charge in [0.05, 0.1) is 0 Å². The van der Waals surface area contributed by atoms with Gasteiger partial charge in [0, 0.05) is 18.0 Å². The van der Waals surface area contributed by atoms with E-state index in [2.05, 4.69) is 30.9 Å². The summed E-state index contributed by atoms with van der Waals surface area (Å²) in [5.41, 5.74) is 2.30. The summed E-state index contributed by atoms with van der Waals surface area (Å²) in [5, 5.41) is 11.8. The number of esters is 1. The van der Waals surface area contributed by atoms with Crippen LogP contribution in [0.1, 0.15) is 68.2 Å². The summed E-state index contributed by atoms with van der Waals surface area (Å²) < 4.78 is 5.66. The average Bonchev–Trinajstić information content (AvgIpc) is 2.64. The topological polar surface area (TPSA) is 49.8 Å².